The highest BCUT2D eigenvalue weighted by Crippen LogP contribution is 2.19. The van der Waals surface area contributed by atoms with Crippen molar-refractivity contribution in [2.24, 2.45) is 0 Å². The third kappa shape index (κ3) is 3.07. The summed E-state index contributed by atoms with van der Waals surface area (Å²) < 4.78 is 0. The Balaban J connectivity index is 0.000000531. The molecule has 2 rings (SSSR count). The average Bonchev–Trinajstić information content (AvgIpc) is 2.31. The predicted octanol–water partition coefficient (Wildman–Crippen LogP) is 3.40. The van der Waals surface area contributed by atoms with Crippen molar-refractivity contribution in [1.82, 2.24) is 4.90 Å². The number of hydrogen-bond donors (Lipinski definition) is 0. The minimum absolute atomic E-state index is 1.14. The third-order valence-corrected chi connectivity index (χ3v) is 2.90. The van der Waals surface area contributed by atoms with Gasteiger partial charge >= 0.3 is 0 Å². The van der Waals surface area contributed by atoms with Gasteiger partial charge in [-0.3, -0.25) is 4.90 Å². The highest BCUT2D eigenvalue weighted by Gasteiger charge is 2.13. The molecule has 0 spiro atoms. The zero-order valence-electron chi connectivity index (χ0n) is 10.5. The number of nitrogens with zero attached hydrogens (tertiary/aromatic N) is 1. The molecule has 0 atom stereocenters. The number of rotatable bonds is 1. The summed E-state index contributed by atoms with van der Waals surface area (Å²) in [6.45, 7) is 12.0. The molecule has 0 unspecified atom stereocenters. The Morgan fingerprint density at radius 1 is 1.20 bits per heavy atom. The number of benzene rings is 1. The lowest BCUT2D eigenvalue weighted by molar-refractivity contribution is 0.268. The van der Waals surface area contributed by atoms with Crippen LogP contribution in [0.2, 0.25) is 0 Å². The van der Waals surface area contributed by atoms with Gasteiger partial charge in [-0.2, -0.15) is 0 Å². The summed E-state index contributed by atoms with van der Waals surface area (Å²) in [4.78, 5) is 2.50. The van der Waals surface area contributed by atoms with Gasteiger partial charge in [0, 0.05) is 13.1 Å². The highest BCUT2D eigenvalue weighted by atomic mass is 15.1. The van der Waals surface area contributed by atoms with Crippen LogP contribution in [0.5, 0.6) is 0 Å². The minimum atomic E-state index is 1.14. The molecule has 84 valence electrons. The number of likely N-dealkylation sites (N-methyl/N-ethyl adjacent to an activating group) is 1. The Hall–Kier alpha value is -0.820. The van der Waals surface area contributed by atoms with Crippen LogP contribution in [-0.2, 0) is 13.0 Å². The smallest absolute Gasteiger partial charge is 0.0236 e. The van der Waals surface area contributed by atoms with Gasteiger partial charge < -0.3 is 0 Å². The molecule has 0 aliphatic carbocycles. The summed E-state index contributed by atoms with van der Waals surface area (Å²) in [5, 5.41) is 0. The van der Waals surface area contributed by atoms with Crippen molar-refractivity contribution in [3.8, 4) is 0 Å². The molecular formula is C14H23N. The van der Waals surface area contributed by atoms with Crippen molar-refractivity contribution < 1.29 is 0 Å². The fraction of sp³-hybridized carbons (Fsp3) is 0.571. The molecule has 1 heterocycles. The van der Waals surface area contributed by atoms with Crippen LogP contribution < -0.4 is 0 Å². The van der Waals surface area contributed by atoms with Gasteiger partial charge in [0.25, 0.3) is 0 Å². The number of hydrogen-bond acceptors (Lipinski definition) is 1. The van der Waals surface area contributed by atoms with Gasteiger partial charge in [-0.1, -0.05) is 44.5 Å². The topological polar surface area (TPSA) is 3.24 Å². The van der Waals surface area contributed by atoms with Gasteiger partial charge in [0.05, 0.1) is 0 Å². The second kappa shape index (κ2) is 5.92. The molecule has 0 N–H and O–H groups in total. The lowest BCUT2D eigenvalue weighted by Gasteiger charge is -2.27. The van der Waals surface area contributed by atoms with E-state index in [2.05, 4.69) is 36.9 Å². The van der Waals surface area contributed by atoms with E-state index in [0.717, 1.165) is 6.54 Å². The van der Waals surface area contributed by atoms with Gasteiger partial charge in [-0.25, -0.2) is 0 Å². The first-order chi connectivity index (χ1) is 7.29. The molecule has 15 heavy (non-hydrogen) atoms. The average molecular weight is 205 g/mol. The van der Waals surface area contributed by atoms with Crippen molar-refractivity contribution in [3.63, 3.8) is 0 Å². The summed E-state index contributed by atoms with van der Waals surface area (Å²) in [5.41, 5.74) is 4.48. The van der Waals surface area contributed by atoms with Crippen LogP contribution in [0.4, 0.5) is 0 Å². The molecule has 1 aliphatic rings. The fourth-order valence-corrected chi connectivity index (χ4v) is 2.01. The third-order valence-electron chi connectivity index (χ3n) is 2.90. The van der Waals surface area contributed by atoms with Crippen LogP contribution in [0.15, 0.2) is 18.2 Å². The van der Waals surface area contributed by atoms with Crippen LogP contribution in [0.3, 0.4) is 0 Å². The Kier molecular flexibility index (Phi) is 4.83. The molecule has 1 nitrogen and oxygen atoms in total. The van der Waals surface area contributed by atoms with Crippen molar-refractivity contribution in [2.75, 3.05) is 13.1 Å². The minimum Gasteiger partial charge on any atom is -0.299 e. The first-order valence-electron chi connectivity index (χ1n) is 6.10. The zero-order valence-corrected chi connectivity index (χ0v) is 10.5. The summed E-state index contributed by atoms with van der Waals surface area (Å²) >= 11 is 0. The van der Waals surface area contributed by atoms with E-state index in [1.54, 1.807) is 5.56 Å². The van der Waals surface area contributed by atoms with Crippen molar-refractivity contribution in [3.05, 3.63) is 34.9 Å². The maximum atomic E-state index is 2.50. The summed E-state index contributed by atoms with van der Waals surface area (Å²) in [7, 11) is 0. The molecule has 0 bridgehead atoms. The van der Waals surface area contributed by atoms with E-state index < -0.39 is 0 Å². The van der Waals surface area contributed by atoms with Crippen LogP contribution in [-0.4, -0.2) is 18.0 Å². The van der Waals surface area contributed by atoms with E-state index in [9.17, 15) is 0 Å². The quantitative estimate of drug-likeness (QED) is 0.679. The highest BCUT2D eigenvalue weighted by molar-refractivity contribution is 5.33. The van der Waals surface area contributed by atoms with E-state index in [1.165, 1.54) is 30.6 Å². The Bertz CT molecular complexity index is 304. The molecule has 0 aromatic heterocycles. The summed E-state index contributed by atoms with van der Waals surface area (Å²) in [6, 6.07) is 6.84. The number of aryl methyl sites for hydroxylation is 1. The largest absolute Gasteiger partial charge is 0.299 e. The number of fused-ring (bicyclic) bond motifs is 1. The Labute approximate surface area is 94.1 Å². The molecule has 1 aromatic rings. The van der Waals surface area contributed by atoms with Gasteiger partial charge in [0.15, 0.2) is 0 Å². The predicted molar refractivity (Wildman–Crippen MR) is 67.2 cm³/mol. The maximum Gasteiger partial charge on any atom is 0.0236 e. The van der Waals surface area contributed by atoms with Gasteiger partial charge in [-0.05, 0) is 31.0 Å². The van der Waals surface area contributed by atoms with E-state index in [1.807, 2.05) is 13.8 Å². The molecule has 0 amide bonds. The van der Waals surface area contributed by atoms with E-state index in [0.29, 0.717) is 0 Å². The molecule has 0 saturated heterocycles. The standard InChI is InChI=1S/C12H17N.C2H6/c1-3-13-7-6-11-8-10(2)4-5-12(11)9-13;1-2/h4-5,8H,3,6-7,9H2,1-2H3;1-2H3. The SMILES string of the molecule is CC.CCN1CCc2cc(C)ccc2C1. The lowest BCUT2D eigenvalue weighted by atomic mass is 9.98. The summed E-state index contributed by atoms with van der Waals surface area (Å²) in [5.74, 6) is 0. The normalized spacial score (nSPS) is 15.2. The first kappa shape index (κ1) is 12.3. The molecule has 1 heteroatoms. The van der Waals surface area contributed by atoms with E-state index >= 15 is 0 Å². The molecule has 1 aromatic carbocycles. The summed E-state index contributed by atoms with van der Waals surface area (Å²) in [6.07, 6.45) is 1.23. The Morgan fingerprint density at radius 3 is 2.60 bits per heavy atom. The van der Waals surface area contributed by atoms with Crippen LogP contribution >= 0.6 is 0 Å². The lowest BCUT2D eigenvalue weighted by Crippen LogP contribution is -2.30. The van der Waals surface area contributed by atoms with Crippen molar-refractivity contribution >= 4 is 0 Å². The molecule has 0 saturated carbocycles. The van der Waals surface area contributed by atoms with E-state index in [4.69, 9.17) is 0 Å². The van der Waals surface area contributed by atoms with Crippen molar-refractivity contribution in [2.45, 2.75) is 40.7 Å². The van der Waals surface area contributed by atoms with Crippen LogP contribution in [0.25, 0.3) is 0 Å². The van der Waals surface area contributed by atoms with Crippen molar-refractivity contribution in [1.29, 1.82) is 0 Å². The molecular weight excluding hydrogens is 182 g/mol. The van der Waals surface area contributed by atoms with Crippen LogP contribution in [0.1, 0.15) is 37.5 Å². The van der Waals surface area contributed by atoms with Crippen LogP contribution in [0, 0.1) is 6.92 Å². The second-order valence-corrected chi connectivity index (χ2v) is 3.89. The van der Waals surface area contributed by atoms with Gasteiger partial charge in [0.1, 0.15) is 0 Å². The van der Waals surface area contributed by atoms with Gasteiger partial charge in [0.2, 0.25) is 0 Å². The first-order valence-corrected chi connectivity index (χ1v) is 6.10. The fourth-order valence-electron chi connectivity index (χ4n) is 2.01. The maximum absolute atomic E-state index is 2.50. The second-order valence-electron chi connectivity index (χ2n) is 3.89. The Morgan fingerprint density at radius 2 is 1.93 bits per heavy atom. The van der Waals surface area contributed by atoms with E-state index in [-0.39, 0.29) is 0 Å². The molecule has 1 aliphatic heterocycles. The molecule has 0 fully saturated rings. The zero-order chi connectivity index (χ0) is 11.3. The molecule has 0 radical (unpaired) electrons. The van der Waals surface area contributed by atoms with Gasteiger partial charge in [-0.15, -0.1) is 0 Å². The monoisotopic (exact) mass is 205 g/mol.